The van der Waals surface area contributed by atoms with E-state index in [1.54, 1.807) is 6.07 Å². The van der Waals surface area contributed by atoms with Crippen LogP contribution in [0, 0.1) is 5.82 Å². The lowest BCUT2D eigenvalue weighted by Gasteiger charge is -2.12. The summed E-state index contributed by atoms with van der Waals surface area (Å²) in [6.45, 7) is -0.321. The molecule has 0 aliphatic carbocycles. The van der Waals surface area contributed by atoms with E-state index in [0.29, 0.717) is 4.34 Å². The summed E-state index contributed by atoms with van der Waals surface area (Å²) in [5, 5.41) is 9.83. The molecule has 1 heterocycles. The number of benzene rings is 1. The topological polar surface area (TPSA) is 66.4 Å². The van der Waals surface area contributed by atoms with Gasteiger partial charge in [0.2, 0.25) is 10.0 Å². The van der Waals surface area contributed by atoms with Crippen molar-refractivity contribution in [2.45, 2.75) is 10.3 Å². The zero-order valence-corrected chi connectivity index (χ0v) is 12.5. The lowest BCUT2D eigenvalue weighted by molar-refractivity contribution is 0.177. The summed E-state index contributed by atoms with van der Waals surface area (Å²) < 4.78 is 39.9. The van der Waals surface area contributed by atoms with Crippen molar-refractivity contribution in [1.82, 2.24) is 4.72 Å². The monoisotopic (exact) mass is 335 g/mol. The van der Waals surface area contributed by atoms with Crippen molar-refractivity contribution in [2.75, 3.05) is 6.54 Å². The number of hydrogen-bond donors (Lipinski definition) is 2. The number of nitrogens with one attached hydrogen (secondary N) is 1. The van der Waals surface area contributed by atoms with Crippen LogP contribution in [0.5, 0.6) is 0 Å². The minimum Gasteiger partial charge on any atom is -0.387 e. The van der Waals surface area contributed by atoms with Crippen LogP contribution in [0.25, 0.3) is 0 Å². The molecule has 0 amide bonds. The van der Waals surface area contributed by atoms with Gasteiger partial charge >= 0.3 is 0 Å². The summed E-state index contributed by atoms with van der Waals surface area (Å²) in [4.78, 5) is 0. The van der Waals surface area contributed by atoms with E-state index in [4.69, 9.17) is 11.6 Å². The number of halogens is 2. The molecule has 2 aromatic rings. The molecule has 108 valence electrons. The Morgan fingerprint density at radius 2 is 2.00 bits per heavy atom. The van der Waals surface area contributed by atoms with Crippen molar-refractivity contribution < 1.29 is 17.9 Å². The number of hydrogen-bond acceptors (Lipinski definition) is 4. The molecule has 0 saturated carbocycles. The zero-order valence-electron chi connectivity index (χ0n) is 10.1. The number of aliphatic hydroxyl groups is 1. The molecule has 2 rings (SSSR count). The first-order valence-electron chi connectivity index (χ1n) is 5.57. The highest BCUT2D eigenvalue weighted by Crippen LogP contribution is 2.25. The van der Waals surface area contributed by atoms with Crippen molar-refractivity contribution in [3.8, 4) is 0 Å². The van der Waals surface area contributed by atoms with E-state index >= 15 is 0 Å². The van der Waals surface area contributed by atoms with Crippen LogP contribution >= 0.6 is 22.9 Å². The SMILES string of the molecule is O=S(=O)(NC[C@@H](O)c1ccccc1F)c1ccc(Cl)s1. The molecule has 20 heavy (non-hydrogen) atoms. The maximum Gasteiger partial charge on any atom is 0.250 e. The fourth-order valence-corrected chi connectivity index (χ4v) is 4.12. The van der Waals surface area contributed by atoms with E-state index < -0.39 is 21.9 Å². The Morgan fingerprint density at radius 3 is 2.60 bits per heavy atom. The molecule has 0 spiro atoms. The Morgan fingerprint density at radius 1 is 1.30 bits per heavy atom. The molecule has 1 aromatic carbocycles. The van der Waals surface area contributed by atoms with Crippen molar-refractivity contribution in [3.63, 3.8) is 0 Å². The Labute approximate surface area is 124 Å². The molecule has 8 heteroatoms. The van der Waals surface area contributed by atoms with Crippen LogP contribution in [0.2, 0.25) is 4.34 Å². The van der Waals surface area contributed by atoms with Gasteiger partial charge in [-0.3, -0.25) is 0 Å². The maximum atomic E-state index is 13.4. The Kier molecular flexibility index (Phi) is 4.77. The van der Waals surface area contributed by atoms with E-state index in [2.05, 4.69) is 4.72 Å². The first-order valence-corrected chi connectivity index (χ1v) is 8.25. The number of aliphatic hydroxyl groups excluding tert-OH is 1. The Balaban J connectivity index is 2.07. The van der Waals surface area contributed by atoms with Crippen LogP contribution in [0.3, 0.4) is 0 Å². The van der Waals surface area contributed by atoms with Gasteiger partial charge in [0, 0.05) is 12.1 Å². The van der Waals surface area contributed by atoms with Gasteiger partial charge in [-0.2, -0.15) is 0 Å². The van der Waals surface area contributed by atoms with Crippen LogP contribution in [-0.2, 0) is 10.0 Å². The standard InChI is InChI=1S/C12H11ClFNO3S2/c13-11-5-6-12(19-11)20(17,18)15-7-10(16)8-3-1-2-4-9(8)14/h1-6,10,15-16H,7H2/t10-/m1/s1. The maximum absolute atomic E-state index is 13.4. The van der Waals surface area contributed by atoms with Gasteiger partial charge in [-0.25, -0.2) is 17.5 Å². The van der Waals surface area contributed by atoms with Crippen LogP contribution in [-0.4, -0.2) is 20.1 Å². The summed E-state index contributed by atoms with van der Waals surface area (Å²) in [6, 6.07) is 8.49. The average Bonchev–Trinajstić information content (AvgIpc) is 2.84. The zero-order chi connectivity index (χ0) is 14.8. The van der Waals surface area contributed by atoms with Gasteiger partial charge in [0.25, 0.3) is 0 Å². The summed E-state index contributed by atoms with van der Waals surface area (Å²) in [6.07, 6.45) is -1.26. The number of rotatable bonds is 5. The molecule has 0 radical (unpaired) electrons. The lowest BCUT2D eigenvalue weighted by atomic mass is 10.1. The largest absolute Gasteiger partial charge is 0.387 e. The lowest BCUT2D eigenvalue weighted by Crippen LogP contribution is -2.28. The fraction of sp³-hybridized carbons (Fsp3) is 0.167. The molecule has 0 fully saturated rings. The minimum absolute atomic E-state index is 0.0411. The number of thiophene rings is 1. The van der Waals surface area contributed by atoms with Crippen LogP contribution in [0.4, 0.5) is 4.39 Å². The molecule has 2 N–H and O–H groups in total. The highest BCUT2D eigenvalue weighted by Gasteiger charge is 2.19. The second kappa shape index (κ2) is 6.19. The van der Waals surface area contributed by atoms with Crippen molar-refractivity contribution in [2.24, 2.45) is 0 Å². The van der Waals surface area contributed by atoms with E-state index in [9.17, 15) is 17.9 Å². The summed E-state index contributed by atoms with van der Waals surface area (Å²) >= 11 is 6.58. The summed E-state index contributed by atoms with van der Waals surface area (Å²) in [7, 11) is -3.75. The van der Waals surface area contributed by atoms with Crippen molar-refractivity contribution in [3.05, 3.63) is 52.1 Å². The predicted octanol–water partition coefficient (Wildman–Crippen LogP) is 2.55. The number of sulfonamides is 1. The Hall–Kier alpha value is -0.990. The van der Waals surface area contributed by atoms with Gasteiger partial charge in [0.15, 0.2) is 0 Å². The van der Waals surface area contributed by atoms with Crippen molar-refractivity contribution in [1.29, 1.82) is 0 Å². The van der Waals surface area contributed by atoms with Gasteiger partial charge in [-0.1, -0.05) is 29.8 Å². The second-order valence-electron chi connectivity index (χ2n) is 3.95. The summed E-state index contributed by atoms with van der Waals surface area (Å²) in [5.41, 5.74) is 0.0411. The average molecular weight is 336 g/mol. The highest BCUT2D eigenvalue weighted by atomic mass is 35.5. The highest BCUT2D eigenvalue weighted by molar-refractivity contribution is 7.91. The third-order valence-electron chi connectivity index (χ3n) is 2.54. The third-order valence-corrected chi connectivity index (χ3v) is 5.69. The first kappa shape index (κ1) is 15.4. The molecule has 1 aromatic heterocycles. The quantitative estimate of drug-likeness (QED) is 0.882. The van der Waals surface area contributed by atoms with Gasteiger partial charge in [0.1, 0.15) is 10.0 Å². The molecule has 0 bridgehead atoms. The smallest absolute Gasteiger partial charge is 0.250 e. The third kappa shape index (κ3) is 3.56. The summed E-state index contributed by atoms with van der Waals surface area (Å²) in [5.74, 6) is -0.585. The fourth-order valence-electron chi connectivity index (χ4n) is 1.56. The van der Waals surface area contributed by atoms with Gasteiger partial charge < -0.3 is 5.11 Å². The van der Waals surface area contributed by atoms with Crippen LogP contribution < -0.4 is 4.72 Å². The molecule has 0 aliphatic rings. The van der Waals surface area contributed by atoms with Crippen LogP contribution in [0.15, 0.2) is 40.6 Å². The molecular weight excluding hydrogens is 325 g/mol. The van der Waals surface area contributed by atoms with Gasteiger partial charge in [-0.15, -0.1) is 11.3 Å². The van der Waals surface area contributed by atoms with Gasteiger partial charge in [-0.05, 0) is 18.2 Å². The molecule has 1 atom stereocenters. The minimum atomic E-state index is -3.75. The molecule has 0 aliphatic heterocycles. The van der Waals surface area contributed by atoms with Crippen LogP contribution in [0.1, 0.15) is 11.7 Å². The predicted molar refractivity (Wildman–Crippen MR) is 75.9 cm³/mol. The molecular formula is C12H11ClFNO3S2. The van der Waals surface area contributed by atoms with E-state index in [1.165, 1.54) is 30.3 Å². The molecule has 0 saturated heterocycles. The Bertz CT molecular complexity index is 702. The van der Waals surface area contributed by atoms with E-state index in [-0.39, 0.29) is 16.3 Å². The molecule has 0 unspecified atom stereocenters. The van der Waals surface area contributed by atoms with E-state index in [1.807, 2.05) is 0 Å². The first-order chi connectivity index (χ1) is 9.40. The normalized spacial score (nSPS) is 13.3. The van der Waals surface area contributed by atoms with Crippen molar-refractivity contribution >= 4 is 33.0 Å². The second-order valence-corrected chi connectivity index (χ2v) is 7.66. The van der Waals surface area contributed by atoms with E-state index in [0.717, 1.165) is 11.3 Å². The molecule has 4 nitrogen and oxygen atoms in total. The van der Waals surface area contributed by atoms with Gasteiger partial charge in [0.05, 0.1) is 10.4 Å².